The lowest BCUT2D eigenvalue weighted by molar-refractivity contribution is -0.138. The van der Waals surface area contributed by atoms with Gasteiger partial charge in [0.15, 0.2) is 0 Å². The number of alkyl halides is 3. The third kappa shape index (κ3) is 5.77. The van der Waals surface area contributed by atoms with Crippen LogP contribution in [0.25, 0.3) is 0 Å². The van der Waals surface area contributed by atoms with Crippen molar-refractivity contribution in [3.05, 3.63) is 34.3 Å². The van der Waals surface area contributed by atoms with Gasteiger partial charge in [-0.2, -0.15) is 13.2 Å². The predicted molar refractivity (Wildman–Crippen MR) is 83.9 cm³/mol. The molecule has 0 saturated carbocycles. The van der Waals surface area contributed by atoms with E-state index >= 15 is 0 Å². The number of hydrogen-bond donors (Lipinski definition) is 1. The average molecular weight is 388 g/mol. The smallest absolute Gasteiger partial charge is 0.314 e. The molecular formula is C14H19BrClF3N2. The van der Waals surface area contributed by atoms with E-state index in [1.807, 2.05) is 24.3 Å². The van der Waals surface area contributed by atoms with Crippen molar-refractivity contribution in [3.63, 3.8) is 0 Å². The van der Waals surface area contributed by atoms with E-state index in [0.29, 0.717) is 0 Å². The van der Waals surface area contributed by atoms with Crippen LogP contribution in [0.15, 0.2) is 28.7 Å². The number of halogens is 5. The topological polar surface area (TPSA) is 15.3 Å². The maximum Gasteiger partial charge on any atom is 0.389 e. The summed E-state index contributed by atoms with van der Waals surface area (Å²) in [5.74, 6) is 0. The lowest BCUT2D eigenvalue weighted by Gasteiger charge is -2.36. The molecule has 1 heterocycles. The van der Waals surface area contributed by atoms with Crippen LogP contribution in [0.1, 0.15) is 24.4 Å². The molecule has 0 spiro atoms. The maximum absolute atomic E-state index is 12.6. The molecule has 0 unspecified atom stereocenters. The minimum absolute atomic E-state index is 0. The number of rotatable bonds is 4. The predicted octanol–water partition coefficient (Wildman–Crippen LogP) is 4.16. The molecule has 0 aliphatic carbocycles. The Balaban J connectivity index is 0.00000220. The lowest BCUT2D eigenvalue weighted by atomic mass is 9.99. The molecule has 7 heteroatoms. The summed E-state index contributed by atoms with van der Waals surface area (Å²) in [6, 6.07) is 7.37. The Morgan fingerprint density at radius 3 is 2.38 bits per heavy atom. The van der Waals surface area contributed by atoms with Crippen molar-refractivity contribution in [2.24, 2.45) is 0 Å². The largest absolute Gasteiger partial charge is 0.389 e. The van der Waals surface area contributed by atoms with Crippen LogP contribution in [-0.2, 0) is 0 Å². The maximum atomic E-state index is 12.6. The first-order valence-electron chi connectivity index (χ1n) is 6.73. The molecule has 2 nitrogen and oxygen atoms in total. The van der Waals surface area contributed by atoms with Crippen molar-refractivity contribution >= 4 is 28.3 Å². The lowest BCUT2D eigenvalue weighted by Crippen LogP contribution is -2.45. The number of nitrogens with zero attached hydrogens (tertiary/aromatic N) is 1. The molecule has 1 aliphatic heterocycles. The van der Waals surface area contributed by atoms with E-state index in [-0.39, 0.29) is 24.9 Å². The van der Waals surface area contributed by atoms with Gasteiger partial charge in [0.05, 0.1) is 0 Å². The van der Waals surface area contributed by atoms with E-state index in [2.05, 4.69) is 26.1 Å². The van der Waals surface area contributed by atoms with Gasteiger partial charge in [-0.3, -0.25) is 4.90 Å². The third-order valence-electron chi connectivity index (χ3n) is 3.56. The zero-order valence-electron chi connectivity index (χ0n) is 11.5. The van der Waals surface area contributed by atoms with Crippen molar-refractivity contribution < 1.29 is 13.2 Å². The van der Waals surface area contributed by atoms with Crippen molar-refractivity contribution in [2.75, 3.05) is 26.2 Å². The van der Waals surface area contributed by atoms with Gasteiger partial charge >= 0.3 is 6.18 Å². The van der Waals surface area contributed by atoms with Gasteiger partial charge in [0.1, 0.15) is 0 Å². The first-order valence-corrected chi connectivity index (χ1v) is 7.52. The fourth-order valence-electron chi connectivity index (χ4n) is 2.57. The van der Waals surface area contributed by atoms with Gasteiger partial charge in [0.2, 0.25) is 0 Å². The van der Waals surface area contributed by atoms with Gasteiger partial charge < -0.3 is 5.32 Å². The summed E-state index contributed by atoms with van der Waals surface area (Å²) in [7, 11) is 0. The van der Waals surface area contributed by atoms with Crippen molar-refractivity contribution in [1.82, 2.24) is 10.2 Å². The quantitative estimate of drug-likeness (QED) is 0.834. The molecule has 0 bridgehead atoms. The standard InChI is InChI=1S/C14H18BrF3N2.ClH/c15-12-4-2-1-3-11(12)13(5-6-14(16,17)18)20-9-7-19-8-10-20;/h1-4,13,19H,5-10H2;1H/t13-;/m1./s1. The van der Waals surface area contributed by atoms with E-state index in [1.54, 1.807) is 0 Å². The van der Waals surface area contributed by atoms with Crippen molar-refractivity contribution in [3.8, 4) is 0 Å². The van der Waals surface area contributed by atoms with Crippen LogP contribution >= 0.6 is 28.3 Å². The molecule has 1 aliphatic rings. The minimum atomic E-state index is -4.10. The highest BCUT2D eigenvalue weighted by Gasteiger charge is 2.31. The summed E-state index contributed by atoms with van der Waals surface area (Å²) >= 11 is 3.46. The van der Waals surface area contributed by atoms with Gasteiger partial charge in [-0.05, 0) is 18.1 Å². The second-order valence-corrected chi connectivity index (χ2v) is 5.83. The summed E-state index contributed by atoms with van der Waals surface area (Å²) in [6.45, 7) is 3.22. The normalized spacial score (nSPS) is 18.1. The summed E-state index contributed by atoms with van der Waals surface area (Å²) in [6.07, 6.45) is -4.75. The second-order valence-electron chi connectivity index (χ2n) is 4.98. The molecule has 2 rings (SSSR count). The summed E-state index contributed by atoms with van der Waals surface area (Å²) in [5, 5.41) is 3.23. The second kappa shape index (κ2) is 8.36. The molecule has 1 fully saturated rings. The number of nitrogens with one attached hydrogen (secondary N) is 1. The summed E-state index contributed by atoms with van der Waals surface area (Å²) < 4.78 is 38.6. The highest BCUT2D eigenvalue weighted by atomic mass is 79.9. The van der Waals surface area contributed by atoms with Gasteiger partial charge in [0, 0.05) is 43.1 Å². The fraction of sp³-hybridized carbons (Fsp3) is 0.571. The van der Waals surface area contributed by atoms with E-state index in [0.717, 1.165) is 36.2 Å². The van der Waals surface area contributed by atoms with Gasteiger partial charge in [0.25, 0.3) is 0 Å². The van der Waals surface area contributed by atoms with Crippen LogP contribution in [0.5, 0.6) is 0 Å². The van der Waals surface area contributed by atoms with E-state index in [9.17, 15) is 13.2 Å². The van der Waals surface area contributed by atoms with E-state index in [1.165, 1.54) is 0 Å². The number of benzene rings is 1. The van der Waals surface area contributed by atoms with Gasteiger partial charge in [-0.15, -0.1) is 12.4 Å². The third-order valence-corrected chi connectivity index (χ3v) is 4.28. The van der Waals surface area contributed by atoms with Crippen LogP contribution in [-0.4, -0.2) is 37.3 Å². The molecule has 1 aromatic rings. The Kier molecular flexibility index (Phi) is 7.47. The molecule has 0 radical (unpaired) electrons. The Morgan fingerprint density at radius 1 is 1.19 bits per heavy atom. The van der Waals surface area contributed by atoms with Gasteiger partial charge in [-0.1, -0.05) is 34.1 Å². The minimum Gasteiger partial charge on any atom is -0.314 e. The summed E-state index contributed by atoms with van der Waals surface area (Å²) in [4.78, 5) is 2.14. The Morgan fingerprint density at radius 2 is 1.81 bits per heavy atom. The molecule has 1 saturated heterocycles. The first kappa shape index (κ1) is 18.7. The molecule has 0 aromatic heterocycles. The molecule has 1 aromatic carbocycles. The van der Waals surface area contributed by atoms with Gasteiger partial charge in [-0.25, -0.2) is 0 Å². The van der Waals surface area contributed by atoms with E-state index < -0.39 is 12.6 Å². The fourth-order valence-corrected chi connectivity index (χ4v) is 3.12. The zero-order valence-corrected chi connectivity index (χ0v) is 13.9. The monoisotopic (exact) mass is 386 g/mol. The molecular weight excluding hydrogens is 369 g/mol. The highest BCUT2D eigenvalue weighted by molar-refractivity contribution is 9.10. The van der Waals surface area contributed by atoms with Crippen molar-refractivity contribution in [2.45, 2.75) is 25.1 Å². The van der Waals surface area contributed by atoms with Crippen LogP contribution in [0, 0.1) is 0 Å². The molecule has 120 valence electrons. The van der Waals surface area contributed by atoms with Crippen LogP contribution in [0.4, 0.5) is 13.2 Å². The van der Waals surface area contributed by atoms with Crippen LogP contribution in [0.3, 0.4) is 0 Å². The molecule has 21 heavy (non-hydrogen) atoms. The van der Waals surface area contributed by atoms with Crippen molar-refractivity contribution in [1.29, 1.82) is 0 Å². The Hall–Kier alpha value is -0.300. The zero-order chi connectivity index (χ0) is 14.6. The summed E-state index contributed by atoms with van der Waals surface area (Å²) in [5.41, 5.74) is 0.943. The molecule has 0 amide bonds. The molecule has 1 N–H and O–H groups in total. The highest BCUT2D eigenvalue weighted by Crippen LogP contribution is 2.34. The number of piperazine rings is 1. The van der Waals surface area contributed by atoms with Crippen LogP contribution < -0.4 is 5.32 Å². The van der Waals surface area contributed by atoms with E-state index in [4.69, 9.17) is 0 Å². The van der Waals surface area contributed by atoms with Crippen LogP contribution in [0.2, 0.25) is 0 Å². The Bertz CT molecular complexity index is 436. The average Bonchev–Trinajstić information content (AvgIpc) is 2.41. The Labute approximate surface area is 137 Å². The SMILES string of the molecule is Cl.FC(F)(F)CC[C@H](c1ccccc1Br)N1CCNCC1. The first-order chi connectivity index (χ1) is 9.47. The molecule has 1 atom stereocenters. The number of hydrogen-bond acceptors (Lipinski definition) is 2.